The van der Waals surface area contributed by atoms with E-state index in [1.807, 2.05) is 56.3 Å². The molecular formula is C42H57N3O9. The quantitative estimate of drug-likeness (QED) is 0.0777. The van der Waals surface area contributed by atoms with Crippen LogP contribution in [0.25, 0.3) is 0 Å². The van der Waals surface area contributed by atoms with Crippen molar-refractivity contribution < 1.29 is 43.6 Å². The lowest BCUT2D eigenvalue weighted by atomic mass is 9.55. The Labute approximate surface area is 319 Å². The largest absolute Gasteiger partial charge is 0.459 e. The van der Waals surface area contributed by atoms with Crippen molar-refractivity contribution in [2.45, 2.75) is 89.5 Å². The van der Waals surface area contributed by atoms with Crippen LogP contribution in [0.1, 0.15) is 82.3 Å². The summed E-state index contributed by atoms with van der Waals surface area (Å²) in [7, 11) is 1.37. The summed E-state index contributed by atoms with van der Waals surface area (Å²) in [4.78, 5) is 34.1. The highest BCUT2D eigenvalue weighted by molar-refractivity contribution is 6.03. The topological polar surface area (TPSA) is 148 Å². The van der Waals surface area contributed by atoms with Crippen LogP contribution in [-0.2, 0) is 20.9 Å². The summed E-state index contributed by atoms with van der Waals surface area (Å²) in [5, 5.41) is 27.1. The van der Waals surface area contributed by atoms with Gasteiger partial charge in [-0.1, -0.05) is 67.4 Å². The molecule has 5 rings (SSSR count). The van der Waals surface area contributed by atoms with Gasteiger partial charge in [0.25, 0.3) is 0 Å². The number of aliphatic hydroxyl groups excluding tert-OH is 2. The predicted molar refractivity (Wildman–Crippen MR) is 205 cm³/mol. The zero-order valence-corrected chi connectivity index (χ0v) is 31.9. The SMILES string of the molecule is C=CCO[C@@]12Oc3ccc(OC(=O)NCc4ccccc4)cc3[C@H]3[C@H](CCCCO)[C@@H](CCCCO)C=C(C(=NOCC)C[C@@H]1N(CCC)C(=O)OC)[C@H]32. The molecular weight excluding hydrogens is 690 g/mol. The maximum Gasteiger partial charge on any atom is 0.412 e. The van der Waals surface area contributed by atoms with Crippen molar-refractivity contribution in [3.63, 3.8) is 0 Å². The lowest BCUT2D eigenvalue weighted by molar-refractivity contribution is -0.255. The van der Waals surface area contributed by atoms with Gasteiger partial charge < -0.3 is 39.3 Å². The third-order valence-corrected chi connectivity index (χ3v) is 10.7. The molecule has 3 aliphatic rings. The number of hydrogen-bond acceptors (Lipinski definition) is 10. The maximum absolute atomic E-state index is 13.6. The number of methoxy groups -OCH3 is 1. The van der Waals surface area contributed by atoms with Gasteiger partial charge in [-0.15, -0.1) is 6.58 Å². The summed E-state index contributed by atoms with van der Waals surface area (Å²) < 4.78 is 25.3. The number of benzene rings is 2. The Bertz CT molecular complexity index is 1620. The third-order valence-electron chi connectivity index (χ3n) is 10.7. The number of aliphatic hydroxyl groups is 2. The van der Waals surface area contributed by atoms with Gasteiger partial charge in [-0.3, -0.25) is 4.90 Å². The van der Waals surface area contributed by atoms with E-state index in [1.54, 1.807) is 17.0 Å². The van der Waals surface area contributed by atoms with Crippen LogP contribution in [0, 0.1) is 17.8 Å². The number of nitrogens with zero attached hydrogens (tertiary/aromatic N) is 2. The molecule has 2 aliphatic carbocycles. The fourth-order valence-electron chi connectivity index (χ4n) is 8.50. The smallest absolute Gasteiger partial charge is 0.412 e. The van der Waals surface area contributed by atoms with Crippen molar-refractivity contribution in [2.75, 3.05) is 40.1 Å². The average molecular weight is 748 g/mol. The number of allylic oxidation sites excluding steroid dienone is 1. The number of rotatable bonds is 19. The number of amides is 2. The van der Waals surface area contributed by atoms with Gasteiger partial charge in [0.15, 0.2) is 0 Å². The highest BCUT2D eigenvalue weighted by atomic mass is 16.7. The number of nitrogens with one attached hydrogen (secondary N) is 1. The standard InChI is InChI=1S/C42H57N3O9/c1-5-21-45(41(49)50-4)37-27-35(44-52-7-3)33-25-30(17-11-13-22-46)32(18-12-14-23-47)38-34-26-31(53-40(48)43-28-29-15-9-8-10-16-29)19-20-36(34)54-42(37,39(33)38)51-24-6-2/h6,8-10,15-16,19-20,25-26,30,32,37-39,46-47H,2,5,7,11-14,17-18,21-24,27-28H2,1,3-4H3,(H,43,48)/t30-,32+,37-,38+,39+,42+/m0/s1. The third kappa shape index (κ3) is 9.10. The average Bonchev–Trinajstić information content (AvgIpc) is 3.19. The molecule has 0 unspecified atom stereocenters. The molecule has 1 aliphatic heterocycles. The molecule has 0 aromatic heterocycles. The van der Waals surface area contributed by atoms with Crippen molar-refractivity contribution in [3.05, 3.63) is 84.0 Å². The predicted octanol–water partition coefficient (Wildman–Crippen LogP) is 7.11. The van der Waals surface area contributed by atoms with Crippen molar-refractivity contribution in [1.82, 2.24) is 10.2 Å². The van der Waals surface area contributed by atoms with E-state index in [4.69, 9.17) is 23.8 Å². The monoisotopic (exact) mass is 747 g/mol. The first-order valence-electron chi connectivity index (χ1n) is 19.4. The van der Waals surface area contributed by atoms with E-state index in [0.717, 1.165) is 42.4 Å². The Morgan fingerprint density at radius 3 is 2.52 bits per heavy atom. The van der Waals surface area contributed by atoms with Crippen LogP contribution in [0.15, 0.2) is 78.0 Å². The van der Waals surface area contributed by atoms with Crippen LogP contribution in [0.2, 0.25) is 0 Å². The number of hydrogen-bond donors (Lipinski definition) is 3. The van der Waals surface area contributed by atoms with E-state index >= 15 is 0 Å². The molecule has 12 nitrogen and oxygen atoms in total. The molecule has 0 spiro atoms. The Morgan fingerprint density at radius 2 is 1.83 bits per heavy atom. The summed E-state index contributed by atoms with van der Waals surface area (Å²) in [5.74, 6) is -1.06. The summed E-state index contributed by atoms with van der Waals surface area (Å²) in [6.07, 6.45) is 8.37. The Morgan fingerprint density at radius 1 is 1.07 bits per heavy atom. The summed E-state index contributed by atoms with van der Waals surface area (Å²) in [5.41, 5.74) is 3.44. The highest BCUT2D eigenvalue weighted by Crippen LogP contribution is 2.62. The van der Waals surface area contributed by atoms with Gasteiger partial charge >= 0.3 is 12.2 Å². The number of fused-ring (bicyclic) bond motifs is 2. The molecule has 0 saturated heterocycles. The van der Waals surface area contributed by atoms with E-state index in [9.17, 15) is 19.8 Å². The van der Waals surface area contributed by atoms with Crippen molar-refractivity contribution >= 4 is 17.9 Å². The molecule has 294 valence electrons. The van der Waals surface area contributed by atoms with Gasteiger partial charge in [0.05, 0.1) is 25.3 Å². The number of carbonyl (C=O) groups is 2. The van der Waals surface area contributed by atoms with Gasteiger partial charge in [-0.05, 0) is 80.2 Å². The summed E-state index contributed by atoms with van der Waals surface area (Å²) in [6, 6.07) is 14.4. The molecule has 0 radical (unpaired) electrons. The second kappa shape index (κ2) is 19.8. The van der Waals surface area contributed by atoms with Crippen LogP contribution in [0.4, 0.5) is 9.59 Å². The number of ether oxygens (including phenoxy) is 4. The number of unbranched alkanes of at least 4 members (excludes halogenated alkanes) is 2. The molecule has 0 bridgehead atoms. The van der Waals surface area contributed by atoms with E-state index in [0.29, 0.717) is 56.2 Å². The number of carbonyl (C=O) groups excluding carboxylic acids is 2. The van der Waals surface area contributed by atoms with Crippen molar-refractivity contribution in [2.24, 2.45) is 22.9 Å². The molecule has 1 saturated carbocycles. The van der Waals surface area contributed by atoms with E-state index in [1.165, 1.54) is 7.11 Å². The van der Waals surface area contributed by atoms with E-state index < -0.39 is 29.9 Å². The Hall–Kier alpha value is -4.39. The zero-order chi connectivity index (χ0) is 38.5. The molecule has 12 heteroatoms. The fraction of sp³-hybridized carbons (Fsp3) is 0.548. The molecule has 3 N–H and O–H groups in total. The molecule has 54 heavy (non-hydrogen) atoms. The minimum atomic E-state index is -1.38. The second-order valence-corrected chi connectivity index (χ2v) is 14.1. The normalized spacial score (nSPS) is 24.6. The van der Waals surface area contributed by atoms with Gasteiger partial charge in [-0.25, -0.2) is 9.59 Å². The molecule has 1 heterocycles. The lowest BCUT2D eigenvalue weighted by Gasteiger charge is -2.59. The second-order valence-electron chi connectivity index (χ2n) is 14.1. The van der Waals surface area contributed by atoms with Crippen molar-refractivity contribution in [3.8, 4) is 11.5 Å². The minimum absolute atomic E-state index is 0.0327. The lowest BCUT2D eigenvalue weighted by Crippen LogP contribution is -2.70. The molecule has 1 fully saturated rings. The zero-order valence-electron chi connectivity index (χ0n) is 31.9. The van der Waals surface area contributed by atoms with E-state index in [-0.39, 0.29) is 44.0 Å². The number of oxime groups is 1. The van der Waals surface area contributed by atoms with Crippen LogP contribution in [-0.4, -0.2) is 84.9 Å². The highest BCUT2D eigenvalue weighted by Gasteiger charge is 2.65. The first-order valence-corrected chi connectivity index (χ1v) is 19.4. The Kier molecular flexibility index (Phi) is 15.0. The fourth-order valence-corrected chi connectivity index (χ4v) is 8.50. The summed E-state index contributed by atoms with van der Waals surface area (Å²) >= 11 is 0. The Balaban J connectivity index is 1.69. The summed E-state index contributed by atoms with van der Waals surface area (Å²) in [6.45, 7) is 9.24. The van der Waals surface area contributed by atoms with Crippen molar-refractivity contribution in [1.29, 1.82) is 0 Å². The van der Waals surface area contributed by atoms with E-state index in [2.05, 4.69) is 23.1 Å². The van der Waals surface area contributed by atoms with Gasteiger partial charge in [0, 0.05) is 44.2 Å². The first kappa shape index (κ1) is 40.8. The van der Waals surface area contributed by atoms with Gasteiger partial charge in [0.2, 0.25) is 5.79 Å². The molecule has 6 atom stereocenters. The minimum Gasteiger partial charge on any atom is -0.459 e. The molecule has 2 aromatic rings. The molecule has 2 aromatic carbocycles. The van der Waals surface area contributed by atoms with Crippen LogP contribution in [0.5, 0.6) is 11.5 Å². The van der Waals surface area contributed by atoms with Crippen LogP contribution in [0.3, 0.4) is 0 Å². The molecule has 2 amide bonds. The van der Waals surface area contributed by atoms with Crippen LogP contribution < -0.4 is 14.8 Å². The maximum atomic E-state index is 13.6. The van der Waals surface area contributed by atoms with Crippen LogP contribution >= 0.6 is 0 Å². The van der Waals surface area contributed by atoms with Gasteiger partial charge in [0.1, 0.15) is 24.1 Å². The van der Waals surface area contributed by atoms with Gasteiger partial charge in [-0.2, -0.15) is 0 Å². The first-order chi connectivity index (χ1) is 26.3.